The molecule has 18 heavy (non-hydrogen) atoms. The number of nitrogens with one attached hydrogen (secondary N) is 1. The molecule has 0 saturated heterocycles. The average molecular weight is 248 g/mol. The van der Waals surface area contributed by atoms with Crippen LogP contribution in [0.4, 0.5) is 0 Å². The van der Waals surface area contributed by atoms with Crippen LogP contribution < -0.4 is 11.1 Å². The molecule has 1 heterocycles. The number of nitrogens with zero attached hydrogens (tertiary/aromatic N) is 2. The first-order valence-electron chi connectivity index (χ1n) is 6.80. The fraction of sp³-hybridized carbons (Fsp3) is 0.692. The first-order valence-corrected chi connectivity index (χ1v) is 6.80. The molecule has 1 amide bonds. The molecule has 2 aliphatic carbocycles. The van der Waals surface area contributed by atoms with Crippen LogP contribution in [-0.2, 0) is 6.54 Å². The van der Waals surface area contributed by atoms with Crippen LogP contribution in [0, 0.1) is 11.8 Å². The monoisotopic (exact) mass is 248 g/mol. The third-order valence-electron chi connectivity index (χ3n) is 3.81. The van der Waals surface area contributed by atoms with Crippen molar-refractivity contribution in [1.82, 2.24) is 14.9 Å². The standard InChI is InChI=1S/C13H20N4O/c14-5-6-17-7-11(15-8-17)13(18)16-12(9-1-2-9)10-3-4-10/h7-10,12H,1-6,14H2,(H,16,18). The normalized spacial score (nSPS) is 19.2. The Balaban J connectivity index is 1.61. The van der Waals surface area contributed by atoms with Crippen LogP contribution in [-0.4, -0.2) is 28.0 Å². The van der Waals surface area contributed by atoms with Gasteiger partial charge >= 0.3 is 0 Å². The highest BCUT2D eigenvalue weighted by Gasteiger charge is 2.42. The van der Waals surface area contributed by atoms with Crippen molar-refractivity contribution in [2.24, 2.45) is 17.6 Å². The van der Waals surface area contributed by atoms with Crippen LogP contribution >= 0.6 is 0 Å². The lowest BCUT2D eigenvalue weighted by Crippen LogP contribution is -2.38. The second-order valence-electron chi connectivity index (χ2n) is 5.46. The molecule has 0 radical (unpaired) electrons. The van der Waals surface area contributed by atoms with Crippen LogP contribution in [0.3, 0.4) is 0 Å². The fourth-order valence-corrected chi connectivity index (χ4v) is 2.51. The molecule has 0 aromatic carbocycles. The molecular formula is C13H20N4O. The van der Waals surface area contributed by atoms with Gasteiger partial charge in [-0.15, -0.1) is 0 Å². The maximum atomic E-state index is 12.1. The lowest BCUT2D eigenvalue weighted by atomic mass is 10.1. The molecule has 98 valence electrons. The van der Waals surface area contributed by atoms with Gasteiger partial charge in [0.2, 0.25) is 0 Å². The van der Waals surface area contributed by atoms with E-state index >= 15 is 0 Å². The summed E-state index contributed by atoms with van der Waals surface area (Å²) in [6, 6.07) is 0.386. The lowest BCUT2D eigenvalue weighted by Gasteiger charge is -2.16. The third-order valence-corrected chi connectivity index (χ3v) is 3.81. The number of imidazole rings is 1. The zero-order chi connectivity index (χ0) is 12.5. The van der Waals surface area contributed by atoms with Crippen molar-refractivity contribution in [2.45, 2.75) is 38.3 Å². The van der Waals surface area contributed by atoms with Crippen molar-refractivity contribution in [3.05, 3.63) is 18.2 Å². The summed E-state index contributed by atoms with van der Waals surface area (Å²) in [5.74, 6) is 1.40. The number of carbonyl (C=O) groups is 1. The zero-order valence-corrected chi connectivity index (χ0v) is 10.5. The molecule has 3 N–H and O–H groups in total. The van der Waals surface area contributed by atoms with Crippen LogP contribution in [0.2, 0.25) is 0 Å². The fourth-order valence-electron chi connectivity index (χ4n) is 2.51. The largest absolute Gasteiger partial charge is 0.347 e. The quantitative estimate of drug-likeness (QED) is 0.780. The Bertz CT molecular complexity index is 422. The molecule has 1 aromatic rings. The summed E-state index contributed by atoms with van der Waals surface area (Å²) in [6.45, 7) is 1.26. The predicted molar refractivity (Wildman–Crippen MR) is 68.0 cm³/mol. The van der Waals surface area contributed by atoms with Gasteiger partial charge in [-0.05, 0) is 37.5 Å². The molecule has 2 saturated carbocycles. The summed E-state index contributed by atoms with van der Waals surface area (Å²) in [7, 11) is 0. The SMILES string of the molecule is NCCn1cnc(C(=O)NC(C2CC2)C2CC2)c1. The van der Waals surface area contributed by atoms with E-state index in [0.29, 0.717) is 36.7 Å². The highest BCUT2D eigenvalue weighted by Crippen LogP contribution is 2.44. The summed E-state index contributed by atoms with van der Waals surface area (Å²) in [5, 5.41) is 3.17. The van der Waals surface area contributed by atoms with E-state index in [-0.39, 0.29) is 5.91 Å². The molecule has 3 rings (SSSR count). The predicted octanol–water partition coefficient (Wildman–Crippen LogP) is 0.760. The van der Waals surface area contributed by atoms with E-state index in [1.54, 1.807) is 12.5 Å². The van der Waals surface area contributed by atoms with Crippen LogP contribution in [0.25, 0.3) is 0 Å². The molecule has 5 nitrogen and oxygen atoms in total. The van der Waals surface area contributed by atoms with E-state index in [2.05, 4.69) is 10.3 Å². The zero-order valence-electron chi connectivity index (χ0n) is 10.5. The minimum Gasteiger partial charge on any atom is -0.347 e. The topological polar surface area (TPSA) is 72.9 Å². The molecule has 1 aromatic heterocycles. The maximum absolute atomic E-state index is 12.1. The number of hydrogen-bond donors (Lipinski definition) is 2. The van der Waals surface area contributed by atoms with Crippen molar-refractivity contribution in [3.63, 3.8) is 0 Å². The average Bonchev–Trinajstić information content (AvgIpc) is 3.26. The van der Waals surface area contributed by atoms with E-state index < -0.39 is 0 Å². The second kappa shape index (κ2) is 4.72. The summed E-state index contributed by atoms with van der Waals surface area (Å²) in [6.07, 6.45) is 8.52. The van der Waals surface area contributed by atoms with Crippen LogP contribution in [0.5, 0.6) is 0 Å². The number of carbonyl (C=O) groups excluding carboxylic acids is 1. The van der Waals surface area contributed by atoms with Gasteiger partial charge in [0.25, 0.3) is 5.91 Å². The van der Waals surface area contributed by atoms with Gasteiger partial charge < -0.3 is 15.6 Å². The Hall–Kier alpha value is -1.36. The molecule has 0 unspecified atom stereocenters. The van der Waals surface area contributed by atoms with Crippen molar-refractivity contribution >= 4 is 5.91 Å². The van der Waals surface area contributed by atoms with Crippen LogP contribution in [0.1, 0.15) is 36.2 Å². The van der Waals surface area contributed by atoms with Gasteiger partial charge in [0.1, 0.15) is 5.69 Å². The minimum absolute atomic E-state index is 0.0328. The molecule has 2 aliphatic rings. The van der Waals surface area contributed by atoms with E-state index in [1.165, 1.54) is 25.7 Å². The Morgan fingerprint density at radius 1 is 1.44 bits per heavy atom. The highest BCUT2D eigenvalue weighted by atomic mass is 16.2. The van der Waals surface area contributed by atoms with Gasteiger partial charge in [-0.2, -0.15) is 0 Å². The van der Waals surface area contributed by atoms with Gasteiger partial charge in [0.05, 0.1) is 6.33 Å². The van der Waals surface area contributed by atoms with Crippen molar-refractivity contribution in [3.8, 4) is 0 Å². The summed E-state index contributed by atoms with van der Waals surface area (Å²) >= 11 is 0. The number of aromatic nitrogens is 2. The summed E-state index contributed by atoms with van der Waals surface area (Å²) in [4.78, 5) is 16.3. The number of rotatable bonds is 6. The molecular weight excluding hydrogens is 228 g/mol. The highest BCUT2D eigenvalue weighted by molar-refractivity contribution is 5.92. The minimum atomic E-state index is -0.0328. The van der Waals surface area contributed by atoms with E-state index in [1.807, 2.05) is 4.57 Å². The Morgan fingerprint density at radius 3 is 2.67 bits per heavy atom. The van der Waals surface area contributed by atoms with Crippen molar-refractivity contribution in [2.75, 3.05) is 6.54 Å². The van der Waals surface area contributed by atoms with Gasteiger partial charge in [-0.25, -0.2) is 4.98 Å². The van der Waals surface area contributed by atoms with Gasteiger partial charge in [0.15, 0.2) is 0 Å². The molecule has 0 aliphatic heterocycles. The summed E-state index contributed by atoms with van der Waals surface area (Å²) in [5.41, 5.74) is 5.98. The molecule has 0 bridgehead atoms. The van der Waals surface area contributed by atoms with E-state index in [9.17, 15) is 4.79 Å². The van der Waals surface area contributed by atoms with Gasteiger partial charge in [-0.1, -0.05) is 0 Å². The summed E-state index contributed by atoms with van der Waals surface area (Å²) < 4.78 is 1.86. The second-order valence-corrected chi connectivity index (χ2v) is 5.46. The molecule has 0 spiro atoms. The molecule has 5 heteroatoms. The number of hydrogen-bond acceptors (Lipinski definition) is 3. The Labute approximate surface area is 107 Å². The van der Waals surface area contributed by atoms with Crippen LogP contribution in [0.15, 0.2) is 12.5 Å². The first kappa shape index (κ1) is 11.7. The third kappa shape index (κ3) is 2.56. The molecule has 0 atom stereocenters. The number of nitrogens with two attached hydrogens (primary N) is 1. The van der Waals surface area contributed by atoms with Crippen molar-refractivity contribution < 1.29 is 4.79 Å². The van der Waals surface area contributed by atoms with Gasteiger partial charge in [0, 0.05) is 25.3 Å². The Kier molecular flexibility index (Phi) is 3.07. The van der Waals surface area contributed by atoms with E-state index in [0.717, 1.165) is 0 Å². The van der Waals surface area contributed by atoms with E-state index in [4.69, 9.17) is 5.73 Å². The molecule has 2 fully saturated rings. The van der Waals surface area contributed by atoms with Crippen molar-refractivity contribution in [1.29, 1.82) is 0 Å². The maximum Gasteiger partial charge on any atom is 0.271 e. The Morgan fingerprint density at radius 2 is 2.11 bits per heavy atom. The number of amides is 1. The lowest BCUT2D eigenvalue weighted by molar-refractivity contribution is 0.0921. The van der Waals surface area contributed by atoms with Gasteiger partial charge in [-0.3, -0.25) is 4.79 Å². The smallest absolute Gasteiger partial charge is 0.271 e. The first-order chi connectivity index (χ1) is 8.78.